The van der Waals surface area contributed by atoms with Gasteiger partial charge in [-0.25, -0.2) is 4.99 Å². The van der Waals surface area contributed by atoms with E-state index in [0.29, 0.717) is 0 Å². The van der Waals surface area contributed by atoms with Gasteiger partial charge in [0.15, 0.2) is 5.96 Å². The lowest BCUT2D eigenvalue weighted by Gasteiger charge is -2.08. The monoisotopic (exact) mass is 205 g/mol. The summed E-state index contributed by atoms with van der Waals surface area (Å²) in [5.74, 6) is 0.879. The summed E-state index contributed by atoms with van der Waals surface area (Å²) >= 11 is 0. The van der Waals surface area contributed by atoms with E-state index in [9.17, 15) is 0 Å². The van der Waals surface area contributed by atoms with Crippen LogP contribution in [0.3, 0.4) is 0 Å². The number of guanidine groups is 1. The van der Waals surface area contributed by atoms with Crippen LogP contribution in [-0.4, -0.2) is 19.0 Å². The van der Waals surface area contributed by atoms with Gasteiger partial charge in [0.2, 0.25) is 0 Å². The molecule has 0 aliphatic rings. The van der Waals surface area contributed by atoms with Crippen molar-refractivity contribution in [1.29, 1.82) is 0 Å². The zero-order valence-corrected chi connectivity index (χ0v) is 9.46. The molecule has 0 amide bonds. The van der Waals surface area contributed by atoms with Gasteiger partial charge >= 0.3 is 0 Å². The first-order valence-electron chi connectivity index (χ1n) is 5.43. The second-order valence-corrected chi connectivity index (χ2v) is 3.21. The Morgan fingerprint density at radius 2 is 1.67 bits per heavy atom. The molecular formula is C12H19N3. The molecule has 0 atom stereocenters. The minimum atomic E-state index is 0.718. The SMILES string of the molecule is CCNC(=NCc1ccccc1)NCC. The van der Waals surface area contributed by atoms with Gasteiger partial charge in [0.05, 0.1) is 6.54 Å². The average Bonchev–Trinajstić information content (AvgIpc) is 2.28. The van der Waals surface area contributed by atoms with Crippen molar-refractivity contribution >= 4 is 5.96 Å². The van der Waals surface area contributed by atoms with E-state index in [-0.39, 0.29) is 0 Å². The van der Waals surface area contributed by atoms with Gasteiger partial charge in [0.1, 0.15) is 0 Å². The minimum Gasteiger partial charge on any atom is -0.357 e. The van der Waals surface area contributed by atoms with Crippen LogP contribution < -0.4 is 10.6 Å². The number of hydrogen-bond donors (Lipinski definition) is 2. The standard InChI is InChI=1S/C12H19N3/c1-3-13-12(14-4-2)15-10-11-8-6-5-7-9-11/h5-9H,3-4,10H2,1-2H3,(H2,13,14,15). The molecule has 3 heteroatoms. The van der Waals surface area contributed by atoms with E-state index >= 15 is 0 Å². The van der Waals surface area contributed by atoms with Crippen LogP contribution in [0.1, 0.15) is 19.4 Å². The molecule has 0 heterocycles. The second kappa shape index (κ2) is 6.87. The molecule has 0 saturated carbocycles. The van der Waals surface area contributed by atoms with Crippen LogP contribution in [0.2, 0.25) is 0 Å². The van der Waals surface area contributed by atoms with Gasteiger partial charge in [0.25, 0.3) is 0 Å². The maximum absolute atomic E-state index is 4.47. The van der Waals surface area contributed by atoms with Crippen molar-refractivity contribution < 1.29 is 0 Å². The van der Waals surface area contributed by atoms with Gasteiger partial charge in [-0.3, -0.25) is 0 Å². The Hall–Kier alpha value is -1.51. The number of nitrogens with zero attached hydrogens (tertiary/aromatic N) is 1. The smallest absolute Gasteiger partial charge is 0.191 e. The number of hydrogen-bond acceptors (Lipinski definition) is 1. The summed E-state index contributed by atoms with van der Waals surface area (Å²) in [6.07, 6.45) is 0. The summed E-state index contributed by atoms with van der Waals surface area (Å²) in [4.78, 5) is 4.47. The van der Waals surface area contributed by atoms with E-state index in [2.05, 4.69) is 41.6 Å². The molecule has 0 aromatic heterocycles. The Morgan fingerprint density at radius 1 is 1.07 bits per heavy atom. The van der Waals surface area contributed by atoms with E-state index in [4.69, 9.17) is 0 Å². The molecule has 0 unspecified atom stereocenters. The quantitative estimate of drug-likeness (QED) is 0.580. The summed E-state index contributed by atoms with van der Waals surface area (Å²) in [7, 11) is 0. The van der Waals surface area contributed by atoms with Gasteiger partial charge in [-0.1, -0.05) is 30.3 Å². The Balaban J connectivity index is 2.53. The number of rotatable bonds is 4. The molecule has 1 aromatic rings. The average molecular weight is 205 g/mol. The predicted octanol–water partition coefficient (Wildman–Crippen LogP) is 1.76. The van der Waals surface area contributed by atoms with E-state index in [1.54, 1.807) is 0 Å². The molecule has 0 aliphatic heterocycles. The number of aliphatic imine (C=N–C) groups is 1. The van der Waals surface area contributed by atoms with Gasteiger partial charge in [-0.15, -0.1) is 0 Å². The first kappa shape index (κ1) is 11.6. The number of nitrogens with one attached hydrogen (secondary N) is 2. The maximum atomic E-state index is 4.47. The first-order chi connectivity index (χ1) is 7.36. The Kier molecular flexibility index (Phi) is 5.30. The van der Waals surface area contributed by atoms with Crippen LogP contribution in [0.25, 0.3) is 0 Å². The van der Waals surface area contributed by atoms with Crippen LogP contribution in [-0.2, 0) is 6.54 Å². The topological polar surface area (TPSA) is 36.4 Å². The Bertz CT molecular complexity index is 285. The highest BCUT2D eigenvalue weighted by Crippen LogP contribution is 1.99. The summed E-state index contributed by atoms with van der Waals surface area (Å²) in [6.45, 7) is 6.63. The predicted molar refractivity (Wildman–Crippen MR) is 64.9 cm³/mol. The van der Waals surface area contributed by atoms with Gasteiger partial charge < -0.3 is 10.6 Å². The summed E-state index contributed by atoms with van der Waals surface area (Å²) in [5, 5.41) is 6.39. The summed E-state index contributed by atoms with van der Waals surface area (Å²) in [5.41, 5.74) is 1.23. The fourth-order valence-corrected chi connectivity index (χ4v) is 1.26. The minimum absolute atomic E-state index is 0.718. The third-order valence-electron chi connectivity index (χ3n) is 1.95. The molecule has 2 N–H and O–H groups in total. The van der Waals surface area contributed by atoms with E-state index < -0.39 is 0 Å². The molecule has 0 spiro atoms. The molecule has 1 aromatic carbocycles. The molecule has 0 bridgehead atoms. The van der Waals surface area contributed by atoms with Crippen molar-refractivity contribution in [2.24, 2.45) is 4.99 Å². The molecule has 0 saturated heterocycles. The van der Waals surface area contributed by atoms with Crippen LogP contribution in [0.15, 0.2) is 35.3 Å². The van der Waals surface area contributed by atoms with Crippen LogP contribution in [0, 0.1) is 0 Å². The summed E-state index contributed by atoms with van der Waals surface area (Å²) < 4.78 is 0. The van der Waals surface area contributed by atoms with Crippen molar-refractivity contribution in [3.63, 3.8) is 0 Å². The van der Waals surface area contributed by atoms with E-state index in [1.165, 1.54) is 5.56 Å². The van der Waals surface area contributed by atoms with Crippen LogP contribution >= 0.6 is 0 Å². The maximum Gasteiger partial charge on any atom is 0.191 e. The van der Waals surface area contributed by atoms with Gasteiger partial charge in [0, 0.05) is 13.1 Å². The van der Waals surface area contributed by atoms with Crippen LogP contribution in [0.4, 0.5) is 0 Å². The van der Waals surface area contributed by atoms with Crippen LogP contribution in [0.5, 0.6) is 0 Å². The highest BCUT2D eigenvalue weighted by Gasteiger charge is 1.94. The Morgan fingerprint density at radius 3 is 2.20 bits per heavy atom. The number of benzene rings is 1. The highest BCUT2D eigenvalue weighted by molar-refractivity contribution is 5.79. The highest BCUT2D eigenvalue weighted by atomic mass is 15.2. The lowest BCUT2D eigenvalue weighted by molar-refractivity contribution is 0.839. The van der Waals surface area contributed by atoms with Crippen molar-refractivity contribution in [3.8, 4) is 0 Å². The fraction of sp³-hybridized carbons (Fsp3) is 0.417. The first-order valence-corrected chi connectivity index (χ1v) is 5.43. The lowest BCUT2D eigenvalue weighted by Crippen LogP contribution is -2.36. The van der Waals surface area contributed by atoms with Crippen molar-refractivity contribution in [2.45, 2.75) is 20.4 Å². The molecule has 3 nitrogen and oxygen atoms in total. The van der Waals surface area contributed by atoms with Gasteiger partial charge in [-0.2, -0.15) is 0 Å². The summed E-state index contributed by atoms with van der Waals surface area (Å²) in [6, 6.07) is 10.2. The van der Waals surface area contributed by atoms with Crippen molar-refractivity contribution in [3.05, 3.63) is 35.9 Å². The van der Waals surface area contributed by atoms with Gasteiger partial charge in [-0.05, 0) is 19.4 Å². The zero-order chi connectivity index (χ0) is 10.9. The van der Waals surface area contributed by atoms with Crippen molar-refractivity contribution in [2.75, 3.05) is 13.1 Å². The molecule has 0 fully saturated rings. The fourth-order valence-electron chi connectivity index (χ4n) is 1.26. The third-order valence-corrected chi connectivity index (χ3v) is 1.95. The van der Waals surface area contributed by atoms with Crippen molar-refractivity contribution in [1.82, 2.24) is 10.6 Å². The third kappa shape index (κ3) is 4.49. The lowest BCUT2D eigenvalue weighted by atomic mass is 10.2. The molecule has 0 radical (unpaired) electrons. The molecule has 1 rings (SSSR count). The second-order valence-electron chi connectivity index (χ2n) is 3.21. The molecular weight excluding hydrogens is 186 g/mol. The Labute approximate surface area is 91.6 Å². The zero-order valence-electron chi connectivity index (χ0n) is 9.46. The normalized spacial score (nSPS) is 9.47. The van der Waals surface area contributed by atoms with E-state index in [1.807, 2.05) is 18.2 Å². The van der Waals surface area contributed by atoms with E-state index in [0.717, 1.165) is 25.6 Å². The molecule has 0 aliphatic carbocycles. The molecule has 15 heavy (non-hydrogen) atoms. The molecule has 82 valence electrons. The largest absolute Gasteiger partial charge is 0.357 e.